The van der Waals surface area contributed by atoms with Crippen LogP contribution < -0.4 is 5.32 Å². The predicted octanol–water partition coefficient (Wildman–Crippen LogP) is 2.70. The summed E-state index contributed by atoms with van der Waals surface area (Å²) in [5, 5.41) is 3.51. The second-order valence-corrected chi connectivity index (χ2v) is 5.98. The zero-order valence-corrected chi connectivity index (χ0v) is 12.6. The van der Waals surface area contributed by atoms with Gasteiger partial charge in [-0.25, -0.2) is 0 Å². The van der Waals surface area contributed by atoms with Gasteiger partial charge in [-0.05, 0) is 32.3 Å². The van der Waals surface area contributed by atoms with Gasteiger partial charge >= 0.3 is 0 Å². The number of hydrogen-bond acceptors (Lipinski definition) is 4. The third-order valence-electron chi connectivity index (χ3n) is 3.47. The number of ketones is 1. The number of hydrogen-bond donors (Lipinski definition) is 1. The summed E-state index contributed by atoms with van der Waals surface area (Å²) in [6.07, 6.45) is 8.22. The van der Waals surface area contributed by atoms with Crippen LogP contribution in [0.1, 0.15) is 46.5 Å². The van der Waals surface area contributed by atoms with Crippen LogP contribution in [-0.4, -0.2) is 30.6 Å². The Labute approximate surface area is 121 Å². The van der Waals surface area contributed by atoms with E-state index in [-0.39, 0.29) is 12.4 Å². The van der Waals surface area contributed by atoms with Gasteiger partial charge in [0.25, 0.3) is 0 Å². The fourth-order valence-corrected chi connectivity index (χ4v) is 2.50. The molecular weight excluding hydrogens is 254 g/mol. The van der Waals surface area contributed by atoms with Crippen LogP contribution in [0.15, 0.2) is 23.7 Å². The van der Waals surface area contributed by atoms with E-state index in [9.17, 15) is 4.79 Å². The lowest BCUT2D eigenvalue weighted by molar-refractivity contribution is -0.120. The molecule has 0 heterocycles. The van der Waals surface area contributed by atoms with Crippen LogP contribution in [0.25, 0.3) is 0 Å². The van der Waals surface area contributed by atoms with E-state index in [2.05, 4.69) is 25.2 Å². The fraction of sp³-hybridized carbons (Fsp3) is 0.688. The summed E-state index contributed by atoms with van der Waals surface area (Å²) in [5.74, 6) is 1.79. The molecule has 0 amide bonds. The molecule has 1 N–H and O–H groups in total. The van der Waals surface area contributed by atoms with Gasteiger partial charge in [0.1, 0.15) is 24.2 Å². The molecule has 2 aliphatic rings. The molecule has 0 atom stereocenters. The molecule has 1 saturated carbocycles. The minimum absolute atomic E-state index is 0.0458. The first-order valence-electron chi connectivity index (χ1n) is 7.48. The molecule has 2 rings (SSSR count). The van der Waals surface area contributed by atoms with Crippen LogP contribution in [0.5, 0.6) is 0 Å². The van der Waals surface area contributed by atoms with E-state index in [0.717, 1.165) is 37.2 Å². The Hall–Kier alpha value is -1.29. The third-order valence-corrected chi connectivity index (χ3v) is 3.47. The predicted molar refractivity (Wildman–Crippen MR) is 78.2 cm³/mol. The molecule has 112 valence electrons. The largest absolute Gasteiger partial charge is 0.491 e. The van der Waals surface area contributed by atoms with Crippen molar-refractivity contribution in [3.63, 3.8) is 0 Å². The first-order chi connectivity index (χ1) is 9.52. The van der Waals surface area contributed by atoms with Gasteiger partial charge in [-0.15, -0.1) is 0 Å². The van der Waals surface area contributed by atoms with Crippen molar-refractivity contribution >= 4 is 5.78 Å². The summed E-state index contributed by atoms with van der Waals surface area (Å²) < 4.78 is 11.4. The molecule has 4 heteroatoms. The molecule has 0 unspecified atom stereocenters. The first-order valence-corrected chi connectivity index (χ1v) is 7.48. The lowest BCUT2D eigenvalue weighted by Gasteiger charge is -2.37. The summed E-state index contributed by atoms with van der Waals surface area (Å²) in [6.45, 7) is 6.02. The Kier molecular flexibility index (Phi) is 5.24. The number of allylic oxidation sites excluding steroid dienone is 3. The van der Waals surface area contributed by atoms with Gasteiger partial charge in [0.15, 0.2) is 5.78 Å². The maximum Gasteiger partial charge on any atom is 0.167 e. The van der Waals surface area contributed by atoms with Gasteiger partial charge < -0.3 is 14.8 Å². The number of carbonyl (C=O) groups is 1. The van der Waals surface area contributed by atoms with E-state index in [4.69, 9.17) is 9.47 Å². The summed E-state index contributed by atoms with van der Waals surface area (Å²) in [6, 6.07) is 1.11. The van der Waals surface area contributed by atoms with Crippen LogP contribution in [0.2, 0.25) is 0 Å². The van der Waals surface area contributed by atoms with Gasteiger partial charge in [-0.3, -0.25) is 4.79 Å². The minimum Gasteiger partial charge on any atom is -0.491 e. The second kappa shape index (κ2) is 6.93. The Morgan fingerprint density at radius 1 is 1.45 bits per heavy atom. The maximum absolute atomic E-state index is 10.9. The zero-order valence-electron chi connectivity index (χ0n) is 12.6. The highest BCUT2D eigenvalue weighted by Crippen LogP contribution is 2.28. The standard InChI is InChI=1S/C16H25NO3/c1-11(2)17-13-7-16(8-13)20-15-6-4-5-14(9-15)19-10-12(3)18/h6,9,11,13,16-17H,4-5,7-8,10H2,1-3H3/t13-,16+. The smallest absolute Gasteiger partial charge is 0.167 e. The topological polar surface area (TPSA) is 47.6 Å². The molecule has 0 aromatic heterocycles. The number of rotatable bonds is 7. The lowest BCUT2D eigenvalue weighted by Crippen LogP contribution is -2.47. The molecule has 0 aromatic rings. The van der Waals surface area contributed by atoms with E-state index in [1.165, 1.54) is 6.92 Å². The quantitative estimate of drug-likeness (QED) is 0.778. The summed E-state index contributed by atoms with van der Waals surface area (Å²) >= 11 is 0. The molecule has 0 bridgehead atoms. The Morgan fingerprint density at radius 2 is 2.20 bits per heavy atom. The second-order valence-electron chi connectivity index (χ2n) is 5.98. The van der Waals surface area contributed by atoms with Gasteiger partial charge in [0.2, 0.25) is 0 Å². The molecule has 0 spiro atoms. The van der Waals surface area contributed by atoms with Crippen molar-refractivity contribution in [2.45, 2.75) is 64.6 Å². The number of carbonyl (C=O) groups excluding carboxylic acids is 1. The molecule has 4 nitrogen and oxygen atoms in total. The number of ether oxygens (including phenoxy) is 2. The SMILES string of the molecule is CC(=O)COC1=CC(O[C@H]2C[C@@H](NC(C)C)C2)=CCC1. The summed E-state index contributed by atoms with van der Waals surface area (Å²) in [4.78, 5) is 10.9. The molecule has 2 aliphatic carbocycles. The molecule has 0 aromatic carbocycles. The van der Waals surface area contributed by atoms with Crippen molar-refractivity contribution < 1.29 is 14.3 Å². The highest BCUT2D eigenvalue weighted by Gasteiger charge is 2.31. The van der Waals surface area contributed by atoms with Crippen LogP contribution in [0.4, 0.5) is 0 Å². The Balaban J connectivity index is 1.74. The van der Waals surface area contributed by atoms with Crippen LogP contribution in [-0.2, 0) is 14.3 Å². The minimum atomic E-state index is 0.0458. The van der Waals surface area contributed by atoms with E-state index >= 15 is 0 Å². The van der Waals surface area contributed by atoms with E-state index in [1.54, 1.807) is 0 Å². The number of nitrogens with one attached hydrogen (secondary N) is 1. The molecule has 20 heavy (non-hydrogen) atoms. The Morgan fingerprint density at radius 3 is 2.85 bits per heavy atom. The molecule has 0 saturated heterocycles. The van der Waals surface area contributed by atoms with Crippen molar-refractivity contribution in [2.75, 3.05) is 6.61 Å². The molecular formula is C16H25NO3. The molecule has 0 radical (unpaired) electrons. The Bertz CT molecular complexity index is 406. The first kappa shape index (κ1) is 15.1. The highest BCUT2D eigenvalue weighted by molar-refractivity contribution is 5.76. The molecule has 0 aliphatic heterocycles. The van der Waals surface area contributed by atoms with Crippen LogP contribution >= 0.6 is 0 Å². The third kappa shape index (κ3) is 4.67. The summed E-state index contributed by atoms with van der Waals surface area (Å²) in [5.41, 5.74) is 0. The average molecular weight is 279 g/mol. The van der Waals surface area contributed by atoms with Crippen molar-refractivity contribution in [3.05, 3.63) is 23.7 Å². The highest BCUT2D eigenvalue weighted by atomic mass is 16.5. The van der Waals surface area contributed by atoms with Crippen LogP contribution in [0, 0.1) is 0 Å². The van der Waals surface area contributed by atoms with E-state index in [1.807, 2.05) is 6.08 Å². The van der Waals surface area contributed by atoms with E-state index < -0.39 is 0 Å². The summed E-state index contributed by atoms with van der Waals surface area (Å²) in [7, 11) is 0. The monoisotopic (exact) mass is 279 g/mol. The van der Waals surface area contributed by atoms with Gasteiger partial charge in [-0.2, -0.15) is 0 Å². The van der Waals surface area contributed by atoms with Gasteiger partial charge in [-0.1, -0.05) is 13.8 Å². The van der Waals surface area contributed by atoms with E-state index in [0.29, 0.717) is 18.2 Å². The maximum atomic E-state index is 10.9. The van der Waals surface area contributed by atoms with Gasteiger partial charge in [0.05, 0.1) is 0 Å². The fourth-order valence-electron chi connectivity index (χ4n) is 2.50. The van der Waals surface area contributed by atoms with Gasteiger partial charge in [0, 0.05) is 24.6 Å². The average Bonchev–Trinajstić information content (AvgIpc) is 2.34. The van der Waals surface area contributed by atoms with Crippen LogP contribution in [0.3, 0.4) is 0 Å². The van der Waals surface area contributed by atoms with Crippen molar-refractivity contribution in [1.29, 1.82) is 0 Å². The van der Waals surface area contributed by atoms with Crippen molar-refractivity contribution in [1.82, 2.24) is 5.32 Å². The normalized spacial score (nSPS) is 25.6. The number of Topliss-reactive ketones (excluding diaryl/α,β-unsaturated/α-hetero) is 1. The molecule has 1 fully saturated rings. The zero-order chi connectivity index (χ0) is 14.5. The lowest BCUT2D eigenvalue weighted by atomic mass is 9.88. The van der Waals surface area contributed by atoms with Crippen molar-refractivity contribution in [3.8, 4) is 0 Å². The van der Waals surface area contributed by atoms with Crippen molar-refractivity contribution in [2.24, 2.45) is 0 Å².